The van der Waals surface area contributed by atoms with Crippen LogP contribution in [0.3, 0.4) is 0 Å². The van der Waals surface area contributed by atoms with Gasteiger partial charge in [0.2, 0.25) is 5.91 Å². The minimum Gasteiger partial charge on any atom is -0.422 e. The molecule has 3 aromatic rings. The highest BCUT2D eigenvalue weighted by Crippen LogP contribution is 2.16. The van der Waals surface area contributed by atoms with Crippen LogP contribution in [0.15, 0.2) is 71.1 Å². The summed E-state index contributed by atoms with van der Waals surface area (Å²) >= 11 is 1.33. The lowest BCUT2D eigenvalue weighted by Crippen LogP contribution is -2.19. The Hall–Kier alpha value is -3.45. The van der Waals surface area contributed by atoms with Crippen molar-refractivity contribution in [3.8, 4) is 5.75 Å². The van der Waals surface area contributed by atoms with Crippen molar-refractivity contribution >= 4 is 35.1 Å². The molecule has 7 heteroatoms. The normalized spacial score (nSPS) is 10.7. The van der Waals surface area contributed by atoms with E-state index in [9.17, 15) is 9.59 Å². The number of hydrogen-bond acceptors (Lipinski definition) is 6. The molecule has 1 aromatic heterocycles. The van der Waals surface area contributed by atoms with Crippen LogP contribution in [-0.4, -0.2) is 18.1 Å². The predicted molar refractivity (Wildman–Crippen MR) is 106 cm³/mol. The zero-order chi connectivity index (χ0) is 19.1. The van der Waals surface area contributed by atoms with Gasteiger partial charge in [0, 0.05) is 5.69 Å². The number of hydrazone groups is 1. The fourth-order valence-electron chi connectivity index (χ4n) is 2.21. The highest BCUT2D eigenvalue weighted by molar-refractivity contribution is 7.12. The molecule has 136 valence electrons. The van der Waals surface area contributed by atoms with Crippen molar-refractivity contribution in [3.63, 3.8) is 0 Å². The first-order valence-electron chi connectivity index (χ1n) is 8.12. The lowest BCUT2D eigenvalue weighted by Gasteiger charge is -2.03. The number of rotatable bonds is 6. The van der Waals surface area contributed by atoms with E-state index in [2.05, 4.69) is 10.5 Å². The summed E-state index contributed by atoms with van der Waals surface area (Å²) < 4.78 is 5.28. The summed E-state index contributed by atoms with van der Waals surface area (Å²) in [7, 11) is 0. The average Bonchev–Trinajstić information content (AvgIpc) is 3.20. The minimum atomic E-state index is -0.388. The third-order valence-corrected chi connectivity index (χ3v) is 4.41. The SMILES string of the molecule is Nc1ccc(CC(=O)N/N=C\c2ccc(OC(=O)c3cccs3)cc2)cc1. The standard InChI is InChI=1S/C20H17N3O3S/c21-16-7-3-14(4-8-16)12-19(24)23-22-13-15-5-9-17(10-6-15)26-20(25)18-2-1-11-27-18/h1-11,13H,12,21H2,(H,23,24)/b22-13-. The minimum absolute atomic E-state index is 0.217. The Morgan fingerprint density at radius 1 is 1.07 bits per heavy atom. The molecule has 6 nitrogen and oxygen atoms in total. The summed E-state index contributed by atoms with van der Waals surface area (Å²) in [5.41, 5.74) is 10.4. The maximum absolute atomic E-state index is 11.9. The highest BCUT2D eigenvalue weighted by atomic mass is 32.1. The number of esters is 1. The van der Waals surface area contributed by atoms with Gasteiger partial charge in [-0.25, -0.2) is 10.2 Å². The van der Waals surface area contributed by atoms with Crippen molar-refractivity contribution in [2.24, 2.45) is 5.10 Å². The second-order valence-corrected chi connectivity index (χ2v) is 6.60. The lowest BCUT2D eigenvalue weighted by molar-refractivity contribution is -0.120. The molecule has 1 heterocycles. The van der Waals surface area contributed by atoms with E-state index in [-0.39, 0.29) is 18.3 Å². The monoisotopic (exact) mass is 379 g/mol. The smallest absolute Gasteiger partial charge is 0.353 e. The van der Waals surface area contributed by atoms with E-state index < -0.39 is 0 Å². The summed E-state index contributed by atoms with van der Waals surface area (Å²) in [5, 5.41) is 5.75. The molecule has 0 bridgehead atoms. The van der Waals surface area contributed by atoms with E-state index in [0.29, 0.717) is 16.3 Å². The second-order valence-electron chi connectivity index (χ2n) is 5.65. The highest BCUT2D eigenvalue weighted by Gasteiger charge is 2.09. The van der Waals surface area contributed by atoms with Crippen LogP contribution in [0.5, 0.6) is 5.75 Å². The van der Waals surface area contributed by atoms with Crippen LogP contribution >= 0.6 is 11.3 Å². The van der Waals surface area contributed by atoms with Crippen LogP contribution < -0.4 is 15.9 Å². The van der Waals surface area contributed by atoms with Gasteiger partial charge in [-0.1, -0.05) is 18.2 Å². The van der Waals surface area contributed by atoms with Crippen LogP contribution in [0.2, 0.25) is 0 Å². The molecule has 2 aromatic carbocycles. The van der Waals surface area contributed by atoms with E-state index in [0.717, 1.165) is 11.1 Å². The number of amides is 1. The van der Waals surface area contributed by atoms with Gasteiger partial charge in [-0.15, -0.1) is 11.3 Å². The van der Waals surface area contributed by atoms with Gasteiger partial charge in [0.15, 0.2) is 0 Å². The van der Waals surface area contributed by atoms with E-state index in [4.69, 9.17) is 10.5 Å². The fourth-order valence-corrected chi connectivity index (χ4v) is 2.81. The third-order valence-electron chi connectivity index (χ3n) is 3.56. The van der Waals surface area contributed by atoms with Gasteiger partial charge in [0.1, 0.15) is 10.6 Å². The first kappa shape index (κ1) is 18.3. The number of benzene rings is 2. The van der Waals surface area contributed by atoms with Gasteiger partial charge in [-0.2, -0.15) is 5.10 Å². The predicted octanol–water partition coefficient (Wildman–Crippen LogP) is 3.24. The summed E-state index contributed by atoms with van der Waals surface area (Å²) in [4.78, 5) is 24.3. The zero-order valence-corrected chi connectivity index (χ0v) is 15.1. The molecule has 0 saturated carbocycles. The van der Waals surface area contributed by atoms with E-state index >= 15 is 0 Å². The Labute approximate surface area is 160 Å². The van der Waals surface area contributed by atoms with Crippen LogP contribution in [0.1, 0.15) is 20.8 Å². The molecule has 1 amide bonds. The van der Waals surface area contributed by atoms with Gasteiger partial charge in [0.05, 0.1) is 12.6 Å². The Morgan fingerprint density at radius 3 is 2.48 bits per heavy atom. The van der Waals surface area contributed by atoms with E-state index in [1.54, 1.807) is 60.7 Å². The summed E-state index contributed by atoms with van der Waals surface area (Å²) in [6, 6.07) is 17.4. The van der Waals surface area contributed by atoms with E-state index in [1.165, 1.54) is 17.6 Å². The van der Waals surface area contributed by atoms with Crippen LogP contribution in [0.4, 0.5) is 5.69 Å². The van der Waals surface area contributed by atoms with Crippen molar-refractivity contribution in [3.05, 3.63) is 82.0 Å². The number of ether oxygens (including phenoxy) is 1. The number of carbonyl (C=O) groups excluding carboxylic acids is 2. The Morgan fingerprint density at radius 2 is 1.81 bits per heavy atom. The van der Waals surface area contributed by atoms with Crippen molar-refractivity contribution in [2.75, 3.05) is 5.73 Å². The van der Waals surface area contributed by atoms with Crippen molar-refractivity contribution in [1.82, 2.24) is 5.43 Å². The van der Waals surface area contributed by atoms with Gasteiger partial charge < -0.3 is 10.5 Å². The zero-order valence-electron chi connectivity index (χ0n) is 14.3. The lowest BCUT2D eigenvalue weighted by atomic mass is 10.1. The number of thiophene rings is 1. The topological polar surface area (TPSA) is 93.8 Å². The average molecular weight is 379 g/mol. The number of nitrogens with zero attached hydrogens (tertiary/aromatic N) is 1. The van der Waals surface area contributed by atoms with Crippen LogP contribution in [0, 0.1) is 0 Å². The van der Waals surface area contributed by atoms with Gasteiger partial charge in [0.25, 0.3) is 0 Å². The molecule has 0 fully saturated rings. The molecule has 3 rings (SSSR count). The molecule has 3 N–H and O–H groups in total. The van der Waals surface area contributed by atoms with Crippen molar-refractivity contribution < 1.29 is 14.3 Å². The molecule has 0 aliphatic carbocycles. The molecule has 0 aliphatic heterocycles. The molecular formula is C20H17N3O3S. The Balaban J connectivity index is 1.49. The molecule has 0 unspecified atom stereocenters. The van der Waals surface area contributed by atoms with Crippen LogP contribution in [0.25, 0.3) is 0 Å². The first-order valence-corrected chi connectivity index (χ1v) is 9.00. The molecular weight excluding hydrogens is 362 g/mol. The molecule has 0 saturated heterocycles. The van der Waals surface area contributed by atoms with Gasteiger partial charge in [-0.05, 0) is 59.0 Å². The van der Waals surface area contributed by atoms with Crippen LogP contribution in [-0.2, 0) is 11.2 Å². The number of hydrogen-bond donors (Lipinski definition) is 2. The number of carbonyl (C=O) groups is 2. The maximum atomic E-state index is 11.9. The van der Waals surface area contributed by atoms with Crippen molar-refractivity contribution in [2.45, 2.75) is 6.42 Å². The maximum Gasteiger partial charge on any atom is 0.353 e. The summed E-state index contributed by atoms with van der Waals surface area (Å²) in [6.07, 6.45) is 1.74. The molecule has 0 aliphatic rings. The fraction of sp³-hybridized carbons (Fsp3) is 0.0500. The second kappa shape index (κ2) is 8.77. The molecule has 0 atom stereocenters. The Bertz CT molecular complexity index is 934. The van der Waals surface area contributed by atoms with Crippen molar-refractivity contribution in [1.29, 1.82) is 0 Å². The van der Waals surface area contributed by atoms with E-state index in [1.807, 2.05) is 5.38 Å². The number of nitrogen functional groups attached to an aromatic ring is 1. The molecule has 0 spiro atoms. The first-order chi connectivity index (χ1) is 13.1. The quantitative estimate of drug-likeness (QED) is 0.226. The van der Waals surface area contributed by atoms with Gasteiger partial charge in [-0.3, -0.25) is 4.79 Å². The number of nitrogens with two attached hydrogens (primary N) is 1. The Kier molecular flexibility index (Phi) is 5.96. The number of anilines is 1. The van der Waals surface area contributed by atoms with Gasteiger partial charge >= 0.3 is 5.97 Å². The number of nitrogens with one attached hydrogen (secondary N) is 1. The molecule has 27 heavy (non-hydrogen) atoms. The molecule has 0 radical (unpaired) electrons. The summed E-state index contributed by atoms with van der Waals surface area (Å²) in [6.45, 7) is 0. The summed E-state index contributed by atoms with van der Waals surface area (Å²) in [5.74, 6) is -0.170. The largest absolute Gasteiger partial charge is 0.422 e. The third kappa shape index (κ3) is 5.52.